The summed E-state index contributed by atoms with van der Waals surface area (Å²) in [5, 5.41) is 23.4. The highest BCUT2D eigenvalue weighted by molar-refractivity contribution is 5.33. The summed E-state index contributed by atoms with van der Waals surface area (Å²) in [6.07, 6.45) is 7.51. The van der Waals surface area contributed by atoms with E-state index in [1.807, 2.05) is 12.1 Å². The van der Waals surface area contributed by atoms with E-state index in [9.17, 15) is 9.90 Å². The molecule has 6 rings (SSSR count). The van der Waals surface area contributed by atoms with E-state index in [0.29, 0.717) is 36.4 Å². The van der Waals surface area contributed by atoms with Crippen LogP contribution in [0, 0.1) is 11.8 Å². The van der Waals surface area contributed by atoms with E-state index in [1.54, 1.807) is 6.26 Å². The lowest BCUT2D eigenvalue weighted by Crippen LogP contribution is -2.48. The zero-order valence-corrected chi connectivity index (χ0v) is 21.0. The smallest absolute Gasteiger partial charge is 0.290 e. The molecule has 3 saturated heterocycles. The number of aromatic nitrogens is 1. The number of fused-ring (bicyclic) bond motifs is 6. The third kappa shape index (κ3) is 6.14. The summed E-state index contributed by atoms with van der Waals surface area (Å²) < 4.78 is 7.65. The second-order valence-corrected chi connectivity index (χ2v) is 10.6. The molecule has 3 fully saturated rings. The Bertz CT molecular complexity index is 1070. The van der Waals surface area contributed by atoms with Crippen molar-refractivity contribution in [3.8, 4) is 0 Å². The minimum absolute atomic E-state index is 0.232. The van der Waals surface area contributed by atoms with Crippen LogP contribution in [0.4, 0.5) is 0 Å². The van der Waals surface area contributed by atoms with Crippen LogP contribution in [-0.4, -0.2) is 74.4 Å². The first-order chi connectivity index (χ1) is 18.0. The average molecular weight is 516 g/mol. The first-order valence-corrected chi connectivity index (χ1v) is 13.0. The van der Waals surface area contributed by atoms with Crippen molar-refractivity contribution in [2.45, 2.75) is 69.7 Å². The van der Waals surface area contributed by atoms with Crippen LogP contribution >= 0.6 is 0 Å². The lowest BCUT2D eigenvalue weighted by atomic mass is 9.83. The Morgan fingerprint density at radius 2 is 1.65 bits per heavy atom. The van der Waals surface area contributed by atoms with Gasteiger partial charge in [-0.2, -0.15) is 0 Å². The van der Waals surface area contributed by atoms with E-state index in [1.165, 1.54) is 25.0 Å². The van der Waals surface area contributed by atoms with Crippen molar-refractivity contribution in [2.75, 3.05) is 19.7 Å². The minimum Gasteiger partial charge on any atom is -0.483 e. The van der Waals surface area contributed by atoms with Gasteiger partial charge in [0, 0.05) is 62.0 Å². The van der Waals surface area contributed by atoms with E-state index < -0.39 is 0 Å². The number of hydrogen-bond donors (Lipinski definition) is 3. The van der Waals surface area contributed by atoms with Gasteiger partial charge in [-0.3, -0.25) is 24.2 Å². The van der Waals surface area contributed by atoms with Gasteiger partial charge in [0.1, 0.15) is 5.76 Å². The fourth-order valence-corrected chi connectivity index (χ4v) is 6.95. The molecular weight excluding hydrogens is 478 g/mol. The van der Waals surface area contributed by atoms with Gasteiger partial charge in [-0.05, 0) is 62.1 Å². The van der Waals surface area contributed by atoms with Crippen molar-refractivity contribution in [1.82, 2.24) is 14.4 Å². The van der Waals surface area contributed by atoms with Crippen LogP contribution < -0.4 is 5.56 Å². The molecule has 2 aromatic rings. The number of likely N-dealkylation sites (tertiary alicyclic amines) is 1. The van der Waals surface area contributed by atoms with Gasteiger partial charge in [-0.25, -0.2) is 0 Å². The third-order valence-corrected chi connectivity index (χ3v) is 8.31. The second-order valence-electron chi connectivity index (χ2n) is 10.6. The summed E-state index contributed by atoms with van der Waals surface area (Å²) >= 11 is 0. The summed E-state index contributed by atoms with van der Waals surface area (Å²) in [4.78, 5) is 35.2. The molecular formula is C27H37N3O7. The maximum atomic E-state index is 13.5. The van der Waals surface area contributed by atoms with Crippen molar-refractivity contribution in [3.05, 3.63) is 57.9 Å². The summed E-state index contributed by atoms with van der Waals surface area (Å²) in [6, 6.07) is 9.41. The zero-order valence-electron chi connectivity index (χ0n) is 21.0. The Labute approximate surface area is 216 Å². The van der Waals surface area contributed by atoms with Crippen LogP contribution in [0.1, 0.15) is 55.0 Å². The number of aliphatic hydroxyl groups excluding tert-OH is 1. The monoisotopic (exact) mass is 515 g/mol. The highest BCUT2D eigenvalue weighted by Crippen LogP contribution is 2.40. The Hall–Kier alpha value is -2.95. The van der Waals surface area contributed by atoms with E-state index in [4.69, 9.17) is 24.2 Å². The molecule has 4 aliphatic rings. The van der Waals surface area contributed by atoms with E-state index in [2.05, 4.69) is 26.5 Å². The van der Waals surface area contributed by atoms with E-state index in [-0.39, 0.29) is 18.5 Å². The SMILES string of the molecule is O=CO.O=CO.O=c1c(CN2[C@@H]3CC[C@H]2CC(CO)C3)ccc2n1C[C@H]1C[C@@H]2CN(Cc2ccco2)C1. The second kappa shape index (κ2) is 12.5. The largest absolute Gasteiger partial charge is 0.483 e. The Balaban J connectivity index is 0.000000489. The van der Waals surface area contributed by atoms with Gasteiger partial charge in [-0.15, -0.1) is 0 Å². The van der Waals surface area contributed by atoms with Crippen molar-refractivity contribution < 1.29 is 29.3 Å². The van der Waals surface area contributed by atoms with Crippen molar-refractivity contribution >= 4 is 12.9 Å². The van der Waals surface area contributed by atoms with Gasteiger partial charge in [0.25, 0.3) is 18.5 Å². The van der Waals surface area contributed by atoms with Gasteiger partial charge in [0.15, 0.2) is 0 Å². The summed E-state index contributed by atoms with van der Waals surface area (Å²) in [5.41, 5.74) is 2.40. The van der Waals surface area contributed by atoms with Crippen LogP contribution in [0.15, 0.2) is 39.7 Å². The number of piperidine rings is 2. The topological polar surface area (TPSA) is 136 Å². The van der Waals surface area contributed by atoms with Crippen molar-refractivity contribution in [1.29, 1.82) is 0 Å². The number of rotatable bonds is 5. The molecule has 4 bridgehead atoms. The molecule has 202 valence electrons. The number of nitrogens with zero attached hydrogens (tertiary/aromatic N) is 3. The number of furan rings is 1. The van der Waals surface area contributed by atoms with E-state index >= 15 is 0 Å². The Morgan fingerprint density at radius 1 is 0.946 bits per heavy atom. The number of pyridine rings is 1. The van der Waals surface area contributed by atoms with Crippen molar-refractivity contribution in [3.63, 3.8) is 0 Å². The number of carbonyl (C=O) groups is 2. The average Bonchev–Trinajstić information content (AvgIpc) is 3.46. The standard InChI is InChI=1S/C25H33N3O3.2CH2O2/c29-16-17-9-21-4-5-22(10-17)27(21)14-19-3-6-24-20-8-18(12-28(24)25(19)30)11-26(13-20)15-23-2-1-7-31-23;2*2-1-3/h1-3,6-7,17-18,20-22,29H,4-5,8-16H2;2*1H,(H,2,3)/t17?,18-,20+,21-,22+;;/m0../s1. The van der Waals surface area contributed by atoms with Gasteiger partial charge < -0.3 is 24.3 Å². The van der Waals surface area contributed by atoms with Crippen molar-refractivity contribution in [2.24, 2.45) is 11.8 Å². The maximum Gasteiger partial charge on any atom is 0.290 e. The molecule has 0 spiro atoms. The predicted octanol–water partition coefficient (Wildman–Crippen LogP) is 2.20. The highest BCUT2D eigenvalue weighted by Gasteiger charge is 2.41. The number of aliphatic hydroxyl groups is 1. The van der Waals surface area contributed by atoms with Gasteiger partial charge in [-0.1, -0.05) is 6.07 Å². The molecule has 10 nitrogen and oxygen atoms in total. The normalized spacial score (nSPS) is 28.2. The lowest BCUT2D eigenvalue weighted by molar-refractivity contribution is -0.123. The molecule has 0 amide bonds. The van der Waals surface area contributed by atoms with Crippen LogP contribution in [-0.2, 0) is 29.2 Å². The molecule has 1 unspecified atom stereocenters. The first kappa shape index (κ1) is 27.1. The van der Waals surface area contributed by atoms with Gasteiger partial charge in [0.2, 0.25) is 0 Å². The zero-order chi connectivity index (χ0) is 26.4. The van der Waals surface area contributed by atoms with Crippen LogP contribution in [0.3, 0.4) is 0 Å². The quantitative estimate of drug-likeness (QED) is 0.512. The highest BCUT2D eigenvalue weighted by atomic mass is 16.3. The summed E-state index contributed by atoms with van der Waals surface area (Å²) in [7, 11) is 0. The molecule has 10 heteroatoms. The van der Waals surface area contributed by atoms with E-state index in [0.717, 1.165) is 56.9 Å². The summed E-state index contributed by atoms with van der Waals surface area (Å²) in [6.45, 7) is 4.30. The van der Waals surface area contributed by atoms with Gasteiger partial charge >= 0.3 is 0 Å². The molecule has 0 saturated carbocycles. The van der Waals surface area contributed by atoms with Crippen LogP contribution in [0.5, 0.6) is 0 Å². The molecule has 0 aromatic carbocycles. The molecule has 4 aliphatic heterocycles. The third-order valence-electron chi connectivity index (χ3n) is 8.31. The first-order valence-electron chi connectivity index (χ1n) is 13.0. The molecule has 3 N–H and O–H groups in total. The fourth-order valence-electron chi connectivity index (χ4n) is 6.95. The number of hydrogen-bond acceptors (Lipinski definition) is 7. The molecule has 37 heavy (non-hydrogen) atoms. The minimum atomic E-state index is -0.250. The lowest BCUT2D eigenvalue weighted by Gasteiger charge is -2.43. The van der Waals surface area contributed by atoms with Crippen LogP contribution in [0.25, 0.3) is 0 Å². The Kier molecular flexibility index (Phi) is 9.18. The van der Waals surface area contributed by atoms with Crippen LogP contribution in [0.2, 0.25) is 0 Å². The summed E-state index contributed by atoms with van der Waals surface area (Å²) in [5.74, 6) is 2.43. The fraction of sp³-hybridized carbons (Fsp3) is 0.593. The predicted molar refractivity (Wildman–Crippen MR) is 135 cm³/mol. The number of carboxylic acid groups (broad SMARTS) is 2. The maximum absolute atomic E-state index is 13.5. The molecule has 2 aromatic heterocycles. The molecule has 6 heterocycles. The molecule has 0 radical (unpaired) electrons. The Morgan fingerprint density at radius 3 is 2.27 bits per heavy atom. The van der Waals surface area contributed by atoms with Gasteiger partial charge in [0.05, 0.1) is 12.8 Å². The molecule has 5 atom stereocenters. The molecule has 0 aliphatic carbocycles.